The van der Waals surface area contributed by atoms with Crippen LogP contribution in [0.5, 0.6) is 5.75 Å². The van der Waals surface area contributed by atoms with Crippen molar-refractivity contribution in [1.82, 2.24) is 19.6 Å². The highest BCUT2D eigenvalue weighted by Gasteiger charge is 2.29. The maximum Gasteiger partial charge on any atom is 0.409 e. The third-order valence-corrected chi connectivity index (χ3v) is 5.37. The molecule has 32 heavy (non-hydrogen) atoms. The quantitative estimate of drug-likeness (QED) is 0.734. The Balaban J connectivity index is 1.62. The van der Waals surface area contributed by atoms with Gasteiger partial charge in [0.05, 0.1) is 25.1 Å². The Hall–Kier alpha value is -3.56. The van der Waals surface area contributed by atoms with Gasteiger partial charge in [0.1, 0.15) is 11.8 Å². The molecule has 0 spiro atoms. The fraction of sp³-hybridized carbons (Fsp3) is 0.455. The predicted octanol–water partition coefficient (Wildman–Crippen LogP) is 2.31. The topological polar surface area (TPSA) is 106 Å². The van der Waals surface area contributed by atoms with Gasteiger partial charge in [0.25, 0.3) is 5.91 Å². The van der Waals surface area contributed by atoms with Crippen molar-refractivity contribution >= 4 is 23.6 Å². The minimum Gasteiger partial charge on any atom is -0.497 e. The predicted molar refractivity (Wildman–Crippen MR) is 118 cm³/mol. The van der Waals surface area contributed by atoms with Crippen LogP contribution in [0.2, 0.25) is 0 Å². The molecule has 3 rings (SSSR count). The first kappa shape index (κ1) is 23.1. The third kappa shape index (κ3) is 5.19. The molecule has 2 heterocycles. The highest BCUT2D eigenvalue weighted by Crippen LogP contribution is 2.20. The molecule has 1 unspecified atom stereocenters. The summed E-state index contributed by atoms with van der Waals surface area (Å²) in [6.07, 6.45) is 1.30. The van der Waals surface area contributed by atoms with Gasteiger partial charge in [-0.15, -0.1) is 0 Å². The molecule has 1 aromatic carbocycles. The van der Waals surface area contributed by atoms with E-state index in [1.54, 1.807) is 72.8 Å². The average molecular weight is 444 g/mol. The summed E-state index contributed by atoms with van der Waals surface area (Å²) in [5.41, 5.74) is 1.60. The van der Waals surface area contributed by atoms with Crippen LogP contribution in [0.1, 0.15) is 35.9 Å². The Bertz CT molecular complexity index is 981. The Kier molecular flexibility index (Phi) is 7.34. The zero-order valence-corrected chi connectivity index (χ0v) is 18.8. The first-order valence-corrected chi connectivity index (χ1v) is 10.6. The number of ether oxygens (including phenoxy) is 2. The van der Waals surface area contributed by atoms with Crippen LogP contribution >= 0.6 is 0 Å². The van der Waals surface area contributed by atoms with Crippen molar-refractivity contribution in [2.75, 3.05) is 45.2 Å². The molecule has 1 aliphatic rings. The molecule has 1 N–H and O–H groups in total. The summed E-state index contributed by atoms with van der Waals surface area (Å²) in [5, 5.41) is 7.26. The van der Waals surface area contributed by atoms with Crippen LogP contribution in [0.3, 0.4) is 0 Å². The third-order valence-electron chi connectivity index (χ3n) is 5.37. The van der Waals surface area contributed by atoms with Crippen LogP contribution in [0, 0.1) is 6.92 Å². The molecule has 1 aliphatic heterocycles. The summed E-state index contributed by atoms with van der Waals surface area (Å²) in [4.78, 5) is 40.7. The number of nitrogens with zero attached hydrogens (tertiary/aromatic N) is 4. The second kappa shape index (κ2) is 10.2. The van der Waals surface area contributed by atoms with Crippen LogP contribution in [-0.4, -0.2) is 77.4 Å². The Morgan fingerprint density at radius 3 is 2.50 bits per heavy atom. The number of rotatable bonds is 6. The molecule has 10 nitrogen and oxygen atoms in total. The van der Waals surface area contributed by atoms with Crippen molar-refractivity contribution in [3.8, 4) is 5.75 Å². The van der Waals surface area contributed by atoms with Crippen molar-refractivity contribution in [2.24, 2.45) is 0 Å². The van der Waals surface area contributed by atoms with Crippen LogP contribution in [0.15, 0.2) is 30.5 Å². The molecule has 3 amide bonds. The normalized spacial score (nSPS) is 14.6. The second-order valence-corrected chi connectivity index (χ2v) is 7.48. The number of nitrogens with one attached hydrogen (secondary N) is 1. The molecule has 0 bridgehead atoms. The average Bonchev–Trinajstić information content (AvgIpc) is 3.18. The van der Waals surface area contributed by atoms with Gasteiger partial charge in [-0.2, -0.15) is 5.10 Å². The number of anilines is 1. The highest BCUT2D eigenvalue weighted by molar-refractivity contribution is 6.04. The first-order chi connectivity index (χ1) is 15.3. The SMILES string of the molecule is CCOC(=O)N1CCN(C(=O)C(C)n2cc(NC(=O)c3cccc(OC)c3)c(C)n2)CC1. The molecule has 1 aromatic heterocycles. The van der Waals surface area contributed by atoms with E-state index in [4.69, 9.17) is 9.47 Å². The number of aromatic nitrogens is 2. The first-order valence-electron chi connectivity index (χ1n) is 10.6. The van der Waals surface area contributed by atoms with E-state index >= 15 is 0 Å². The van der Waals surface area contributed by atoms with E-state index in [9.17, 15) is 14.4 Å². The zero-order valence-electron chi connectivity index (χ0n) is 18.8. The molecular weight excluding hydrogens is 414 g/mol. The van der Waals surface area contributed by atoms with Gasteiger partial charge in [0, 0.05) is 37.9 Å². The Labute approximate surface area is 187 Å². The summed E-state index contributed by atoms with van der Waals surface area (Å²) in [6.45, 7) is 7.34. The second-order valence-electron chi connectivity index (χ2n) is 7.48. The number of hydrogen-bond donors (Lipinski definition) is 1. The molecule has 0 saturated carbocycles. The fourth-order valence-corrected chi connectivity index (χ4v) is 3.46. The van der Waals surface area contributed by atoms with E-state index in [1.165, 1.54) is 0 Å². The zero-order chi connectivity index (χ0) is 23.3. The lowest BCUT2D eigenvalue weighted by Gasteiger charge is -2.35. The highest BCUT2D eigenvalue weighted by atomic mass is 16.6. The van der Waals surface area contributed by atoms with Gasteiger partial charge in [0.15, 0.2) is 0 Å². The summed E-state index contributed by atoms with van der Waals surface area (Å²) in [6, 6.07) is 6.30. The van der Waals surface area contributed by atoms with Crippen LogP contribution in [0.4, 0.5) is 10.5 Å². The van der Waals surface area contributed by atoms with Crippen LogP contribution in [0.25, 0.3) is 0 Å². The molecular formula is C22H29N5O5. The molecule has 0 radical (unpaired) electrons. The molecule has 172 valence electrons. The number of methoxy groups -OCH3 is 1. The fourth-order valence-electron chi connectivity index (χ4n) is 3.46. The number of hydrogen-bond acceptors (Lipinski definition) is 6. The molecule has 1 atom stereocenters. The van der Waals surface area contributed by atoms with Crippen molar-refractivity contribution in [2.45, 2.75) is 26.8 Å². The molecule has 2 aromatic rings. The summed E-state index contributed by atoms with van der Waals surface area (Å²) in [5.74, 6) is 0.203. The van der Waals surface area contributed by atoms with Gasteiger partial charge < -0.3 is 24.6 Å². The Morgan fingerprint density at radius 2 is 1.84 bits per heavy atom. The van der Waals surface area contributed by atoms with E-state index < -0.39 is 6.04 Å². The minimum absolute atomic E-state index is 0.0957. The largest absolute Gasteiger partial charge is 0.497 e. The number of carbonyl (C=O) groups is 3. The van der Waals surface area contributed by atoms with Crippen LogP contribution in [-0.2, 0) is 9.53 Å². The number of benzene rings is 1. The molecule has 10 heteroatoms. The van der Waals surface area contributed by atoms with Crippen molar-refractivity contribution in [1.29, 1.82) is 0 Å². The van der Waals surface area contributed by atoms with E-state index in [-0.39, 0.29) is 17.9 Å². The molecule has 1 saturated heterocycles. The van der Waals surface area contributed by atoms with E-state index in [0.717, 1.165) is 0 Å². The van der Waals surface area contributed by atoms with Gasteiger partial charge >= 0.3 is 6.09 Å². The van der Waals surface area contributed by atoms with Crippen molar-refractivity contribution in [3.63, 3.8) is 0 Å². The number of amides is 3. The van der Waals surface area contributed by atoms with Crippen molar-refractivity contribution < 1.29 is 23.9 Å². The Morgan fingerprint density at radius 1 is 1.16 bits per heavy atom. The van der Waals surface area contributed by atoms with Gasteiger partial charge in [-0.1, -0.05) is 6.07 Å². The summed E-state index contributed by atoms with van der Waals surface area (Å²) < 4.78 is 11.7. The van der Waals surface area contributed by atoms with Gasteiger partial charge in [-0.05, 0) is 39.0 Å². The standard InChI is InChI=1S/C22H29N5O5/c1-5-32-22(30)26-11-9-25(10-12-26)21(29)16(3)27-14-19(15(2)24-27)23-20(28)17-7-6-8-18(13-17)31-4/h6-8,13-14,16H,5,9-12H2,1-4H3,(H,23,28). The molecule has 0 aliphatic carbocycles. The van der Waals surface area contributed by atoms with E-state index in [1.807, 2.05) is 0 Å². The van der Waals surface area contributed by atoms with Gasteiger partial charge in [-0.3, -0.25) is 14.3 Å². The maximum absolute atomic E-state index is 13.0. The monoisotopic (exact) mass is 443 g/mol. The van der Waals surface area contributed by atoms with Gasteiger partial charge in [-0.25, -0.2) is 4.79 Å². The lowest BCUT2D eigenvalue weighted by atomic mass is 10.2. The van der Waals surface area contributed by atoms with Crippen molar-refractivity contribution in [3.05, 3.63) is 41.7 Å². The summed E-state index contributed by atoms with van der Waals surface area (Å²) >= 11 is 0. The number of piperazine rings is 1. The summed E-state index contributed by atoms with van der Waals surface area (Å²) in [7, 11) is 1.54. The van der Waals surface area contributed by atoms with E-state index in [0.29, 0.717) is 55.5 Å². The lowest BCUT2D eigenvalue weighted by molar-refractivity contribution is -0.136. The molecule has 1 fully saturated rings. The number of aryl methyl sites for hydroxylation is 1. The van der Waals surface area contributed by atoms with Gasteiger partial charge in [0.2, 0.25) is 5.91 Å². The lowest BCUT2D eigenvalue weighted by Crippen LogP contribution is -2.52. The minimum atomic E-state index is -0.551. The smallest absolute Gasteiger partial charge is 0.409 e. The van der Waals surface area contributed by atoms with E-state index in [2.05, 4.69) is 10.4 Å². The van der Waals surface area contributed by atoms with Crippen LogP contribution < -0.4 is 10.1 Å². The maximum atomic E-state index is 13.0. The number of carbonyl (C=O) groups excluding carboxylic acids is 3.